The summed E-state index contributed by atoms with van der Waals surface area (Å²) in [4.78, 5) is 4.73. The molecule has 0 spiro atoms. The molecular weight excluding hydrogens is 330 g/mol. The van der Waals surface area contributed by atoms with Crippen LogP contribution in [0.4, 0.5) is 0 Å². The molecule has 140 valence electrons. The molecule has 1 fully saturated rings. The summed E-state index contributed by atoms with van der Waals surface area (Å²) in [7, 11) is -0.685. The third kappa shape index (κ3) is 6.81. The van der Waals surface area contributed by atoms with Gasteiger partial charge in [0.05, 0.1) is 0 Å². The minimum Gasteiger partial charge on any atom is -0.357 e. The molecule has 1 aromatic carbocycles. The largest absolute Gasteiger partial charge is 0.357 e. The van der Waals surface area contributed by atoms with Crippen molar-refractivity contribution in [1.29, 1.82) is 0 Å². The van der Waals surface area contributed by atoms with Gasteiger partial charge < -0.3 is 10.6 Å². The topological polar surface area (TPSA) is 53.5 Å². The first-order valence-corrected chi connectivity index (χ1v) is 11.0. The Bertz CT molecular complexity index is 571. The van der Waals surface area contributed by atoms with Gasteiger partial charge in [-0.1, -0.05) is 43.2 Å². The van der Waals surface area contributed by atoms with E-state index in [-0.39, 0.29) is 0 Å². The number of benzene rings is 1. The van der Waals surface area contributed by atoms with Crippen molar-refractivity contribution in [3.05, 3.63) is 35.4 Å². The predicted molar refractivity (Wildman–Crippen MR) is 109 cm³/mol. The second-order valence-electron chi connectivity index (χ2n) is 6.80. The molecule has 1 aliphatic rings. The molecule has 3 atom stereocenters. The highest BCUT2D eigenvalue weighted by molar-refractivity contribution is 7.85. The van der Waals surface area contributed by atoms with Crippen molar-refractivity contribution >= 4 is 16.8 Å². The zero-order valence-corrected chi connectivity index (χ0v) is 16.7. The van der Waals surface area contributed by atoms with E-state index in [4.69, 9.17) is 4.99 Å². The lowest BCUT2D eigenvalue weighted by Crippen LogP contribution is -2.46. The number of aryl methyl sites for hydroxylation is 1. The summed E-state index contributed by atoms with van der Waals surface area (Å²) >= 11 is 0. The minimum absolute atomic E-state index is 0.340. The molecule has 0 aromatic heterocycles. The molecule has 0 amide bonds. The highest BCUT2D eigenvalue weighted by Crippen LogP contribution is 2.22. The van der Waals surface area contributed by atoms with Crippen LogP contribution in [0.1, 0.15) is 50.7 Å². The van der Waals surface area contributed by atoms with Crippen molar-refractivity contribution in [2.75, 3.05) is 18.8 Å². The van der Waals surface area contributed by atoms with Crippen LogP contribution in [-0.2, 0) is 17.2 Å². The Morgan fingerprint density at radius 2 is 2.00 bits per heavy atom. The maximum absolute atomic E-state index is 12.1. The summed E-state index contributed by atoms with van der Waals surface area (Å²) in [6.45, 7) is 7.84. The first kappa shape index (κ1) is 20.0. The fourth-order valence-corrected chi connectivity index (χ4v) is 4.66. The molecule has 1 saturated carbocycles. The van der Waals surface area contributed by atoms with Crippen molar-refractivity contribution < 1.29 is 4.21 Å². The second-order valence-corrected chi connectivity index (χ2v) is 8.80. The van der Waals surface area contributed by atoms with Crippen molar-refractivity contribution in [1.82, 2.24) is 10.6 Å². The lowest BCUT2D eigenvalue weighted by atomic mass is 9.95. The summed E-state index contributed by atoms with van der Waals surface area (Å²) in [6, 6.07) is 9.04. The van der Waals surface area contributed by atoms with Crippen LogP contribution in [0.25, 0.3) is 0 Å². The van der Waals surface area contributed by atoms with Gasteiger partial charge in [0, 0.05) is 40.9 Å². The summed E-state index contributed by atoms with van der Waals surface area (Å²) in [5.74, 6) is 1.66. The predicted octanol–water partition coefficient (Wildman–Crippen LogP) is 3.17. The number of rotatable bonds is 7. The van der Waals surface area contributed by atoms with Crippen LogP contribution in [0.5, 0.6) is 0 Å². The SMILES string of the molecule is CCNC(=NCCc1ccc(C)cc1)NC1CCCC(S(=O)CC)C1. The number of nitrogens with zero attached hydrogens (tertiary/aromatic N) is 1. The lowest BCUT2D eigenvalue weighted by Gasteiger charge is -2.30. The van der Waals surface area contributed by atoms with Crippen molar-refractivity contribution in [2.45, 2.75) is 64.2 Å². The molecule has 3 unspecified atom stereocenters. The van der Waals surface area contributed by atoms with Gasteiger partial charge >= 0.3 is 0 Å². The number of hydrogen-bond acceptors (Lipinski definition) is 2. The summed E-state index contributed by atoms with van der Waals surface area (Å²) in [6.07, 6.45) is 5.32. The molecule has 5 heteroatoms. The zero-order valence-electron chi connectivity index (χ0n) is 15.9. The Hall–Kier alpha value is -1.36. The molecule has 2 rings (SSSR count). The zero-order chi connectivity index (χ0) is 18.1. The van der Waals surface area contributed by atoms with E-state index >= 15 is 0 Å². The standard InChI is InChI=1S/C20H33N3OS/c1-4-21-20(22-14-13-17-11-9-16(3)10-12-17)23-18-7-6-8-19(15-18)25(24)5-2/h9-12,18-19H,4-8,13-15H2,1-3H3,(H2,21,22,23). The van der Waals surface area contributed by atoms with E-state index in [1.165, 1.54) is 11.1 Å². The third-order valence-corrected chi connectivity index (χ3v) is 6.50. The Morgan fingerprint density at radius 3 is 2.68 bits per heavy atom. The molecule has 0 radical (unpaired) electrons. The first-order chi connectivity index (χ1) is 12.1. The van der Waals surface area contributed by atoms with Gasteiger partial charge in [-0.2, -0.15) is 0 Å². The molecule has 0 bridgehead atoms. The van der Waals surface area contributed by atoms with E-state index in [9.17, 15) is 4.21 Å². The molecule has 1 aliphatic carbocycles. The van der Waals surface area contributed by atoms with E-state index < -0.39 is 10.8 Å². The maximum atomic E-state index is 12.1. The van der Waals surface area contributed by atoms with Gasteiger partial charge in [-0.25, -0.2) is 0 Å². The van der Waals surface area contributed by atoms with Gasteiger partial charge in [0.2, 0.25) is 0 Å². The number of nitrogens with one attached hydrogen (secondary N) is 2. The fourth-order valence-electron chi connectivity index (χ4n) is 3.32. The number of hydrogen-bond donors (Lipinski definition) is 2. The maximum Gasteiger partial charge on any atom is 0.191 e. The molecule has 1 aromatic rings. The van der Waals surface area contributed by atoms with E-state index in [0.717, 1.165) is 56.9 Å². The Balaban J connectivity index is 1.88. The minimum atomic E-state index is -0.685. The number of aliphatic imine (C=N–C) groups is 1. The van der Waals surface area contributed by atoms with E-state index in [1.54, 1.807) is 0 Å². The smallest absolute Gasteiger partial charge is 0.191 e. The molecular formula is C20H33N3OS. The van der Waals surface area contributed by atoms with Crippen molar-refractivity contribution in [3.63, 3.8) is 0 Å². The summed E-state index contributed by atoms with van der Waals surface area (Å²) < 4.78 is 12.1. The molecule has 0 aliphatic heterocycles. The summed E-state index contributed by atoms with van der Waals surface area (Å²) in [5, 5.41) is 7.25. The van der Waals surface area contributed by atoms with Crippen LogP contribution in [0.15, 0.2) is 29.3 Å². The summed E-state index contributed by atoms with van der Waals surface area (Å²) in [5.41, 5.74) is 2.61. The Kier molecular flexibility index (Phi) is 8.45. The van der Waals surface area contributed by atoms with Gasteiger partial charge in [0.25, 0.3) is 0 Å². The molecule has 0 saturated heterocycles. The van der Waals surface area contributed by atoms with Crippen LogP contribution in [0.2, 0.25) is 0 Å². The van der Waals surface area contributed by atoms with Gasteiger partial charge in [-0.05, 0) is 45.1 Å². The lowest BCUT2D eigenvalue weighted by molar-refractivity contribution is 0.413. The van der Waals surface area contributed by atoms with Gasteiger partial charge in [0.1, 0.15) is 0 Å². The molecule has 25 heavy (non-hydrogen) atoms. The average Bonchev–Trinajstić information content (AvgIpc) is 2.63. The van der Waals surface area contributed by atoms with Gasteiger partial charge in [-0.15, -0.1) is 0 Å². The van der Waals surface area contributed by atoms with E-state index in [1.807, 2.05) is 6.92 Å². The van der Waals surface area contributed by atoms with Crippen LogP contribution in [-0.4, -0.2) is 40.3 Å². The highest BCUT2D eigenvalue weighted by Gasteiger charge is 2.25. The van der Waals surface area contributed by atoms with Crippen LogP contribution < -0.4 is 10.6 Å². The van der Waals surface area contributed by atoms with Crippen molar-refractivity contribution in [3.8, 4) is 0 Å². The van der Waals surface area contributed by atoms with Crippen LogP contribution >= 0.6 is 0 Å². The normalized spacial score (nSPS) is 22.4. The first-order valence-electron chi connectivity index (χ1n) is 9.60. The van der Waals surface area contributed by atoms with Crippen LogP contribution in [0, 0.1) is 6.92 Å². The van der Waals surface area contributed by atoms with Gasteiger partial charge in [0.15, 0.2) is 5.96 Å². The Labute approximate surface area is 155 Å². The third-order valence-electron chi connectivity index (χ3n) is 4.76. The highest BCUT2D eigenvalue weighted by atomic mass is 32.2. The second kappa shape index (κ2) is 10.6. The number of guanidine groups is 1. The molecule has 2 N–H and O–H groups in total. The average molecular weight is 364 g/mol. The van der Waals surface area contributed by atoms with Crippen LogP contribution in [0.3, 0.4) is 0 Å². The monoisotopic (exact) mass is 363 g/mol. The van der Waals surface area contributed by atoms with Crippen molar-refractivity contribution in [2.24, 2.45) is 4.99 Å². The van der Waals surface area contributed by atoms with E-state index in [2.05, 4.69) is 48.7 Å². The Morgan fingerprint density at radius 1 is 1.24 bits per heavy atom. The van der Waals surface area contributed by atoms with E-state index in [0.29, 0.717) is 11.3 Å². The van der Waals surface area contributed by atoms with Gasteiger partial charge in [-0.3, -0.25) is 9.20 Å². The molecule has 0 heterocycles. The fraction of sp³-hybridized carbons (Fsp3) is 0.650. The quantitative estimate of drug-likeness (QED) is 0.578. The molecule has 4 nitrogen and oxygen atoms in total.